The summed E-state index contributed by atoms with van der Waals surface area (Å²) in [4.78, 5) is 2.41. The van der Waals surface area contributed by atoms with Crippen molar-refractivity contribution in [2.75, 3.05) is 4.90 Å². The first-order chi connectivity index (χ1) is 28.8. The molecule has 2 heteroatoms. The first-order valence-electron chi connectivity index (χ1n) is 19.9. The lowest BCUT2D eigenvalue weighted by Crippen LogP contribution is -2.11. The zero-order valence-electron chi connectivity index (χ0n) is 31.8. The first-order valence-corrected chi connectivity index (χ1v) is 19.9. The molecule has 58 heavy (non-hydrogen) atoms. The fourth-order valence-electron chi connectivity index (χ4n) is 8.87. The van der Waals surface area contributed by atoms with Crippen LogP contribution in [-0.4, -0.2) is 4.57 Å². The van der Waals surface area contributed by atoms with Gasteiger partial charge < -0.3 is 9.47 Å². The molecule has 0 saturated heterocycles. The SMILES string of the molecule is c1ccc(-c2ccccc2N(c2ccc(-c3cccc4c3ccc3ccccc34)cc2)c2cccc(-c3ccc4c(c3)c3ccccc3n4-c3ccccc3)c2)cc1. The molecule has 272 valence electrons. The average molecular weight is 739 g/mol. The molecule has 1 aromatic heterocycles. The van der Waals surface area contributed by atoms with Crippen LogP contribution in [0.1, 0.15) is 0 Å². The Morgan fingerprint density at radius 3 is 1.76 bits per heavy atom. The van der Waals surface area contributed by atoms with Gasteiger partial charge >= 0.3 is 0 Å². The molecule has 10 aromatic carbocycles. The van der Waals surface area contributed by atoms with E-state index in [1.165, 1.54) is 71.2 Å². The van der Waals surface area contributed by atoms with Crippen LogP contribution in [-0.2, 0) is 0 Å². The van der Waals surface area contributed by atoms with E-state index < -0.39 is 0 Å². The van der Waals surface area contributed by atoms with E-state index in [0.29, 0.717) is 0 Å². The normalized spacial score (nSPS) is 11.4. The summed E-state index contributed by atoms with van der Waals surface area (Å²) >= 11 is 0. The Bertz CT molecular complexity index is 3270. The maximum absolute atomic E-state index is 2.41. The minimum absolute atomic E-state index is 1.09. The van der Waals surface area contributed by atoms with Gasteiger partial charge in [-0.05, 0) is 110 Å². The van der Waals surface area contributed by atoms with Gasteiger partial charge in [0.2, 0.25) is 0 Å². The molecule has 11 aromatic rings. The molecule has 0 saturated carbocycles. The summed E-state index contributed by atoms with van der Waals surface area (Å²) in [7, 11) is 0. The van der Waals surface area contributed by atoms with Crippen molar-refractivity contribution in [2.24, 2.45) is 0 Å². The number of fused-ring (bicyclic) bond motifs is 6. The highest BCUT2D eigenvalue weighted by Crippen LogP contribution is 2.43. The van der Waals surface area contributed by atoms with Crippen LogP contribution in [0.5, 0.6) is 0 Å². The number of rotatable bonds is 7. The van der Waals surface area contributed by atoms with Gasteiger partial charge in [-0.1, -0.05) is 170 Å². The molecule has 2 nitrogen and oxygen atoms in total. The predicted octanol–water partition coefficient (Wildman–Crippen LogP) is 15.6. The van der Waals surface area contributed by atoms with Crippen molar-refractivity contribution in [1.82, 2.24) is 4.57 Å². The van der Waals surface area contributed by atoms with E-state index in [1.54, 1.807) is 0 Å². The monoisotopic (exact) mass is 738 g/mol. The molecule has 0 aliphatic rings. The van der Waals surface area contributed by atoms with Crippen LogP contribution in [0.25, 0.3) is 82.4 Å². The molecule has 0 bridgehead atoms. The molecular weight excluding hydrogens is 701 g/mol. The summed E-state index contributed by atoms with van der Waals surface area (Å²) < 4.78 is 2.37. The first kappa shape index (κ1) is 33.6. The van der Waals surface area contributed by atoms with Gasteiger partial charge in [-0.3, -0.25) is 0 Å². The second-order valence-electron chi connectivity index (χ2n) is 14.9. The fourth-order valence-corrected chi connectivity index (χ4v) is 8.87. The van der Waals surface area contributed by atoms with Gasteiger partial charge in [0, 0.05) is 33.4 Å². The molecule has 0 aliphatic heterocycles. The Morgan fingerprint density at radius 1 is 0.293 bits per heavy atom. The van der Waals surface area contributed by atoms with Crippen molar-refractivity contribution >= 4 is 60.4 Å². The quantitative estimate of drug-likeness (QED) is 0.148. The van der Waals surface area contributed by atoms with Gasteiger partial charge in [-0.2, -0.15) is 0 Å². The topological polar surface area (TPSA) is 8.17 Å². The van der Waals surface area contributed by atoms with Gasteiger partial charge in [0.05, 0.1) is 16.7 Å². The van der Waals surface area contributed by atoms with E-state index in [0.717, 1.165) is 28.3 Å². The lowest BCUT2D eigenvalue weighted by molar-refractivity contribution is 1.18. The Morgan fingerprint density at radius 2 is 0.897 bits per heavy atom. The third-order valence-corrected chi connectivity index (χ3v) is 11.6. The highest BCUT2D eigenvalue weighted by atomic mass is 15.1. The van der Waals surface area contributed by atoms with Crippen molar-refractivity contribution in [3.8, 4) is 39.1 Å². The minimum atomic E-state index is 1.09. The number of nitrogens with zero attached hydrogens (tertiary/aromatic N) is 2. The zero-order valence-corrected chi connectivity index (χ0v) is 31.8. The smallest absolute Gasteiger partial charge is 0.0541 e. The third-order valence-electron chi connectivity index (χ3n) is 11.6. The van der Waals surface area contributed by atoms with Crippen molar-refractivity contribution < 1.29 is 0 Å². The largest absolute Gasteiger partial charge is 0.310 e. The maximum Gasteiger partial charge on any atom is 0.0541 e. The number of para-hydroxylation sites is 3. The molecular formula is C56H38N2. The van der Waals surface area contributed by atoms with Gasteiger partial charge in [0.1, 0.15) is 0 Å². The maximum atomic E-state index is 2.41. The van der Waals surface area contributed by atoms with Crippen LogP contribution < -0.4 is 4.90 Å². The standard InChI is InChI=1S/C56H38N2/c1-3-15-39(16-4-1)49-23-9-11-27-54(49)57(45-33-29-41(30-34-45)48-25-14-26-50-47-22-8-7-17-40(47)31-35-51(48)50)46-21-13-18-42(37-46)43-32-36-56-53(38-43)52-24-10-12-28-55(52)58(56)44-19-5-2-6-20-44/h1-38H. The van der Waals surface area contributed by atoms with Crippen LogP contribution in [0.15, 0.2) is 231 Å². The van der Waals surface area contributed by atoms with Gasteiger partial charge in [-0.25, -0.2) is 0 Å². The van der Waals surface area contributed by atoms with E-state index in [1.807, 2.05) is 0 Å². The second-order valence-corrected chi connectivity index (χ2v) is 14.9. The summed E-state index contributed by atoms with van der Waals surface area (Å²) in [5, 5.41) is 7.57. The van der Waals surface area contributed by atoms with E-state index >= 15 is 0 Å². The lowest BCUT2D eigenvalue weighted by Gasteiger charge is -2.28. The second kappa shape index (κ2) is 14.1. The Labute approximate surface area is 338 Å². The van der Waals surface area contributed by atoms with E-state index in [2.05, 4.69) is 240 Å². The number of hydrogen-bond donors (Lipinski definition) is 0. The Hall–Kier alpha value is -7.68. The molecule has 0 spiro atoms. The number of hydrogen-bond acceptors (Lipinski definition) is 1. The van der Waals surface area contributed by atoms with Crippen LogP contribution in [0, 0.1) is 0 Å². The highest BCUT2D eigenvalue weighted by Gasteiger charge is 2.19. The molecule has 0 unspecified atom stereocenters. The Kier molecular flexibility index (Phi) is 8.19. The molecule has 0 radical (unpaired) electrons. The van der Waals surface area contributed by atoms with Gasteiger partial charge in [-0.15, -0.1) is 0 Å². The molecule has 0 amide bonds. The highest BCUT2D eigenvalue weighted by molar-refractivity contribution is 6.12. The number of benzene rings is 10. The van der Waals surface area contributed by atoms with E-state index in [4.69, 9.17) is 0 Å². The van der Waals surface area contributed by atoms with Crippen LogP contribution >= 0.6 is 0 Å². The predicted molar refractivity (Wildman–Crippen MR) is 247 cm³/mol. The van der Waals surface area contributed by atoms with Crippen LogP contribution in [0.2, 0.25) is 0 Å². The van der Waals surface area contributed by atoms with Crippen LogP contribution in [0.3, 0.4) is 0 Å². The molecule has 0 fully saturated rings. The van der Waals surface area contributed by atoms with Crippen molar-refractivity contribution in [2.45, 2.75) is 0 Å². The van der Waals surface area contributed by atoms with Crippen molar-refractivity contribution in [3.63, 3.8) is 0 Å². The number of aromatic nitrogens is 1. The molecule has 11 rings (SSSR count). The Balaban J connectivity index is 1.05. The minimum Gasteiger partial charge on any atom is -0.310 e. The average Bonchev–Trinajstić information content (AvgIpc) is 3.64. The summed E-state index contributed by atoms with van der Waals surface area (Å²) in [6.45, 7) is 0. The molecule has 0 atom stereocenters. The van der Waals surface area contributed by atoms with Gasteiger partial charge in [0.15, 0.2) is 0 Å². The molecule has 0 N–H and O–H groups in total. The molecule has 0 aliphatic carbocycles. The zero-order chi connectivity index (χ0) is 38.4. The third kappa shape index (κ3) is 5.74. The number of anilines is 3. The van der Waals surface area contributed by atoms with Crippen molar-refractivity contribution in [1.29, 1.82) is 0 Å². The summed E-state index contributed by atoms with van der Waals surface area (Å²) in [6, 6.07) is 83.6. The van der Waals surface area contributed by atoms with Crippen LogP contribution in [0.4, 0.5) is 17.1 Å². The van der Waals surface area contributed by atoms with E-state index in [-0.39, 0.29) is 0 Å². The summed E-state index contributed by atoms with van der Waals surface area (Å²) in [5.41, 5.74) is 14.0. The molecule has 1 heterocycles. The summed E-state index contributed by atoms with van der Waals surface area (Å²) in [6.07, 6.45) is 0. The van der Waals surface area contributed by atoms with Crippen molar-refractivity contribution in [3.05, 3.63) is 231 Å². The lowest BCUT2D eigenvalue weighted by atomic mass is 9.94. The van der Waals surface area contributed by atoms with E-state index in [9.17, 15) is 0 Å². The fraction of sp³-hybridized carbons (Fsp3) is 0. The van der Waals surface area contributed by atoms with Gasteiger partial charge in [0.25, 0.3) is 0 Å². The summed E-state index contributed by atoms with van der Waals surface area (Å²) in [5.74, 6) is 0.